The molecule has 0 saturated heterocycles. The summed E-state index contributed by atoms with van der Waals surface area (Å²) in [6, 6.07) is 1.60. The van der Waals surface area contributed by atoms with E-state index in [2.05, 4.69) is 5.32 Å². The first kappa shape index (κ1) is 14.4. The van der Waals surface area contributed by atoms with Crippen LogP contribution < -0.4 is 11.1 Å². The monoisotopic (exact) mass is 258 g/mol. The van der Waals surface area contributed by atoms with Gasteiger partial charge >= 0.3 is 0 Å². The normalized spacial score (nSPS) is 10.4. The zero-order valence-corrected chi connectivity index (χ0v) is 10.1. The number of rotatable bonds is 6. The number of carbonyl (C=O) groups is 1. The molecular formula is C12H16F2N2O2. The summed E-state index contributed by atoms with van der Waals surface area (Å²) >= 11 is 0. The summed E-state index contributed by atoms with van der Waals surface area (Å²) in [4.78, 5) is 11.7. The van der Waals surface area contributed by atoms with Crippen molar-refractivity contribution in [1.29, 1.82) is 0 Å². The average molecular weight is 258 g/mol. The molecule has 1 amide bonds. The van der Waals surface area contributed by atoms with Gasteiger partial charge in [-0.1, -0.05) is 0 Å². The van der Waals surface area contributed by atoms with Crippen molar-refractivity contribution in [2.24, 2.45) is 0 Å². The Morgan fingerprint density at radius 2 is 2.00 bits per heavy atom. The van der Waals surface area contributed by atoms with Gasteiger partial charge in [0.25, 0.3) is 5.91 Å². The molecule has 6 heteroatoms. The van der Waals surface area contributed by atoms with Crippen molar-refractivity contribution in [3.63, 3.8) is 0 Å². The van der Waals surface area contributed by atoms with E-state index >= 15 is 0 Å². The number of carbonyl (C=O) groups excluding carboxylic acids is 1. The number of halogens is 2. The van der Waals surface area contributed by atoms with Gasteiger partial charge in [-0.3, -0.25) is 4.79 Å². The Kier molecular flexibility index (Phi) is 5.51. The first-order valence-electron chi connectivity index (χ1n) is 5.58. The molecule has 0 radical (unpaired) electrons. The number of hydrogen-bond acceptors (Lipinski definition) is 3. The third-order valence-corrected chi connectivity index (χ3v) is 2.40. The maximum Gasteiger partial charge on any atom is 0.253 e. The van der Waals surface area contributed by atoms with Gasteiger partial charge in [-0.15, -0.1) is 0 Å². The SMILES string of the molecule is COCCCCNC(=O)c1cc(F)c(F)cc1N. The van der Waals surface area contributed by atoms with Crippen LogP contribution in [0.4, 0.5) is 14.5 Å². The molecule has 0 bridgehead atoms. The summed E-state index contributed by atoms with van der Waals surface area (Å²) in [5.74, 6) is -2.67. The molecule has 0 fully saturated rings. The molecular weight excluding hydrogens is 242 g/mol. The number of methoxy groups -OCH3 is 1. The minimum absolute atomic E-state index is 0.0550. The molecule has 1 rings (SSSR count). The van der Waals surface area contributed by atoms with Crippen molar-refractivity contribution in [3.8, 4) is 0 Å². The smallest absolute Gasteiger partial charge is 0.253 e. The molecule has 0 heterocycles. The van der Waals surface area contributed by atoms with Crippen LogP contribution in [0.3, 0.4) is 0 Å². The van der Waals surface area contributed by atoms with E-state index in [4.69, 9.17) is 10.5 Å². The van der Waals surface area contributed by atoms with E-state index in [9.17, 15) is 13.6 Å². The van der Waals surface area contributed by atoms with Crippen LogP contribution in [-0.2, 0) is 4.74 Å². The van der Waals surface area contributed by atoms with Crippen LogP contribution in [0.5, 0.6) is 0 Å². The molecule has 4 nitrogen and oxygen atoms in total. The van der Waals surface area contributed by atoms with Crippen LogP contribution in [0, 0.1) is 11.6 Å². The van der Waals surface area contributed by atoms with Gasteiger partial charge in [0.15, 0.2) is 11.6 Å². The number of ether oxygens (including phenoxy) is 1. The maximum atomic E-state index is 13.0. The lowest BCUT2D eigenvalue weighted by atomic mass is 10.1. The van der Waals surface area contributed by atoms with Gasteiger partial charge in [0.05, 0.1) is 5.56 Å². The van der Waals surface area contributed by atoms with Gasteiger partial charge in [0.1, 0.15) is 0 Å². The largest absolute Gasteiger partial charge is 0.398 e. The van der Waals surface area contributed by atoms with Crippen molar-refractivity contribution >= 4 is 11.6 Å². The Balaban J connectivity index is 2.54. The van der Waals surface area contributed by atoms with Crippen molar-refractivity contribution < 1.29 is 18.3 Å². The molecule has 0 atom stereocenters. The standard InChI is InChI=1S/C12H16F2N2O2/c1-18-5-3-2-4-16-12(17)8-6-9(13)10(14)7-11(8)15/h6-7H,2-5,15H2,1H3,(H,16,17). The van der Waals surface area contributed by atoms with E-state index in [0.29, 0.717) is 13.2 Å². The van der Waals surface area contributed by atoms with E-state index in [1.807, 2.05) is 0 Å². The zero-order chi connectivity index (χ0) is 13.5. The van der Waals surface area contributed by atoms with Gasteiger partial charge in [-0.05, 0) is 18.9 Å². The molecule has 0 aliphatic carbocycles. The van der Waals surface area contributed by atoms with Crippen molar-refractivity contribution in [3.05, 3.63) is 29.3 Å². The predicted molar refractivity (Wildman–Crippen MR) is 64.2 cm³/mol. The van der Waals surface area contributed by atoms with Crippen LogP contribution in [-0.4, -0.2) is 26.2 Å². The molecule has 0 aliphatic rings. The van der Waals surface area contributed by atoms with Crippen LogP contribution in [0.1, 0.15) is 23.2 Å². The van der Waals surface area contributed by atoms with E-state index in [-0.39, 0.29) is 11.3 Å². The molecule has 0 unspecified atom stereocenters. The highest BCUT2D eigenvalue weighted by molar-refractivity contribution is 5.99. The Bertz CT molecular complexity index is 425. The molecule has 100 valence electrons. The van der Waals surface area contributed by atoms with Gasteiger partial charge in [0.2, 0.25) is 0 Å². The lowest BCUT2D eigenvalue weighted by molar-refractivity contribution is 0.0951. The fraction of sp³-hybridized carbons (Fsp3) is 0.417. The molecule has 0 saturated carbocycles. The Morgan fingerprint density at radius 1 is 1.33 bits per heavy atom. The summed E-state index contributed by atoms with van der Waals surface area (Å²) in [6.45, 7) is 1.05. The highest BCUT2D eigenvalue weighted by Crippen LogP contribution is 2.16. The van der Waals surface area contributed by atoms with E-state index in [0.717, 1.165) is 25.0 Å². The minimum atomic E-state index is -1.09. The Labute approximate surface area is 104 Å². The number of benzene rings is 1. The topological polar surface area (TPSA) is 64.3 Å². The van der Waals surface area contributed by atoms with Crippen LogP contribution in [0.15, 0.2) is 12.1 Å². The van der Waals surface area contributed by atoms with Gasteiger partial charge in [0, 0.05) is 32.0 Å². The summed E-state index contributed by atoms with van der Waals surface area (Å²) in [6.07, 6.45) is 1.55. The van der Waals surface area contributed by atoms with E-state index < -0.39 is 17.5 Å². The maximum absolute atomic E-state index is 13.0. The second-order valence-electron chi connectivity index (χ2n) is 3.81. The van der Waals surface area contributed by atoms with Crippen molar-refractivity contribution in [2.45, 2.75) is 12.8 Å². The lowest BCUT2D eigenvalue weighted by Crippen LogP contribution is -2.25. The second-order valence-corrected chi connectivity index (χ2v) is 3.81. The Hall–Kier alpha value is -1.69. The third-order valence-electron chi connectivity index (χ3n) is 2.40. The number of hydrogen-bond donors (Lipinski definition) is 2. The fourth-order valence-electron chi connectivity index (χ4n) is 1.43. The van der Waals surface area contributed by atoms with E-state index in [1.165, 1.54) is 0 Å². The number of nitrogen functional groups attached to an aromatic ring is 1. The quantitative estimate of drug-likeness (QED) is 0.603. The number of nitrogens with two attached hydrogens (primary N) is 1. The summed E-state index contributed by atoms with van der Waals surface area (Å²) in [7, 11) is 1.60. The summed E-state index contributed by atoms with van der Waals surface area (Å²) in [5.41, 5.74) is 5.32. The first-order valence-corrected chi connectivity index (χ1v) is 5.58. The molecule has 0 spiro atoms. The highest BCUT2D eigenvalue weighted by Gasteiger charge is 2.13. The second kappa shape index (κ2) is 6.90. The number of nitrogens with one attached hydrogen (secondary N) is 1. The van der Waals surface area contributed by atoms with Gasteiger partial charge in [-0.2, -0.15) is 0 Å². The highest BCUT2D eigenvalue weighted by atomic mass is 19.2. The lowest BCUT2D eigenvalue weighted by Gasteiger charge is -2.08. The molecule has 0 aromatic heterocycles. The predicted octanol–water partition coefficient (Wildman–Crippen LogP) is 1.70. The minimum Gasteiger partial charge on any atom is -0.398 e. The van der Waals surface area contributed by atoms with Crippen LogP contribution in [0.2, 0.25) is 0 Å². The van der Waals surface area contributed by atoms with Gasteiger partial charge < -0.3 is 15.8 Å². The molecule has 1 aromatic carbocycles. The summed E-state index contributed by atoms with van der Waals surface area (Å²) in [5, 5.41) is 2.58. The van der Waals surface area contributed by atoms with E-state index in [1.54, 1.807) is 7.11 Å². The first-order chi connectivity index (χ1) is 8.56. The fourth-order valence-corrected chi connectivity index (χ4v) is 1.43. The molecule has 18 heavy (non-hydrogen) atoms. The summed E-state index contributed by atoms with van der Waals surface area (Å²) < 4.78 is 30.7. The third kappa shape index (κ3) is 3.96. The zero-order valence-electron chi connectivity index (χ0n) is 10.1. The molecule has 1 aromatic rings. The van der Waals surface area contributed by atoms with Gasteiger partial charge in [-0.25, -0.2) is 8.78 Å². The number of amides is 1. The molecule has 0 aliphatic heterocycles. The number of anilines is 1. The average Bonchev–Trinajstić information content (AvgIpc) is 2.33. The molecule has 3 N–H and O–H groups in total. The van der Waals surface area contributed by atoms with Crippen LogP contribution in [0.25, 0.3) is 0 Å². The van der Waals surface area contributed by atoms with Crippen molar-refractivity contribution in [1.82, 2.24) is 5.32 Å². The Morgan fingerprint density at radius 3 is 2.67 bits per heavy atom. The van der Waals surface area contributed by atoms with Crippen LogP contribution >= 0.6 is 0 Å². The van der Waals surface area contributed by atoms with Crippen molar-refractivity contribution in [2.75, 3.05) is 26.0 Å². The number of unbranched alkanes of at least 4 members (excludes halogenated alkanes) is 1.